The van der Waals surface area contributed by atoms with Crippen molar-refractivity contribution in [2.24, 2.45) is 0 Å². The Labute approximate surface area is 107 Å². The maximum atomic E-state index is 9.10. The number of nitriles is 1. The molecule has 1 N–H and O–H groups in total. The van der Waals surface area contributed by atoms with Crippen LogP contribution in [-0.2, 0) is 0 Å². The predicted octanol–water partition coefficient (Wildman–Crippen LogP) is 3.56. The lowest BCUT2D eigenvalue weighted by Crippen LogP contribution is -2.27. The van der Waals surface area contributed by atoms with Crippen molar-refractivity contribution in [1.29, 1.82) is 5.26 Å². The van der Waals surface area contributed by atoms with Gasteiger partial charge in [0.05, 0.1) is 11.3 Å². The molecule has 1 unspecified atom stereocenters. The van der Waals surface area contributed by atoms with Gasteiger partial charge in [-0.1, -0.05) is 6.07 Å². The molecule has 2 rings (SSSR count). The molecule has 1 aromatic carbocycles. The number of anilines is 1. The van der Waals surface area contributed by atoms with Gasteiger partial charge in [0.15, 0.2) is 0 Å². The summed E-state index contributed by atoms with van der Waals surface area (Å²) in [5, 5.41) is 12.5. The maximum absolute atomic E-state index is 9.10. The van der Waals surface area contributed by atoms with Crippen molar-refractivity contribution in [2.45, 2.75) is 31.4 Å². The summed E-state index contributed by atoms with van der Waals surface area (Å²) in [6, 6.07) is 8.25. The van der Waals surface area contributed by atoms with Gasteiger partial charge in [0, 0.05) is 11.3 Å². The van der Waals surface area contributed by atoms with E-state index in [0.29, 0.717) is 4.75 Å². The summed E-state index contributed by atoms with van der Waals surface area (Å²) in [4.78, 5) is 0. The summed E-state index contributed by atoms with van der Waals surface area (Å²) in [6.07, 6.45) is 2.57. The number of hydrogen-bond donors (Lipinski definition) is 1. The van der Waals surface area contributed by atoms with Crippen molar-refractivity contribution in [3.63, 3.8) is 0 Å². The number of nitrogens with zero attached hydrogens (tertiary/aromatic N) is 1. The molecule has 0 aromatic heterocycles. The molecule has 1 aromatic rings. The van der Waals surface area contributed by atoms with Gasteiger partial charge in [0.25, 0.3) is 0 Å². The number of benzene rings is 1. The second kappa shape index (κ2) is 5.01. The Morgan fingerprint density at radius 2 is 2.35 bits per heavy atom. The molecule has 1 atom stereocenters. The number of aryl methyl sites for hydroxylation is 1. The number of rotatable bonds is 3. The molecule has 0 radical (unpaired) electrons. The molecule has 90 valence electrons. The molecule has 2 nitrogen and oxygen atoms in total. The molecule has 0 bridgehead atoms. The smallest absolute Gasteiger partial charge is 0.101 e. The second-order valence-corrected chi connectivity index (χ2v) is 6.60. The first-order chi connectivity index (χ1) is 8.13. The standard InChI is InChI=1S/C14H18N2S/c1-11-4-5-13(12(8-11)9-15)16-10-14(2)6-3-7-17-14/h4-5,8,16H,3,6-7,10H2,1-2H3. The number of nitrogens with one attached hydrogen (secondary N) is 1. The molecule has 1 aliphatic heterocycles. The van der Waals surface area contributed by atoms with Crippen molar-refractivity contribution in [2.75, 3.05) is 17.6 Å². The largest absolute Gasteiger partial charge is 0.383 e. The van der Waals surface area contributed by atoms with E-state index in [1.165, 1.54) is 18.6 Å². The summed E-state index contributed by atoms with van der Waals surface area (Å²) in [5.41, 5.74) is 2.84. The van der Waals surface area contributed by atoms with E-state index < -0.39 is 0 Å². The van der Waals surface area contributed by atoms with Crippen LogP contribution in [0, 0.1) is 18.3 Å². The van der Waals surface area contributed by atoms with Crippen molar-refractivity contribution in [3.8, 4) is 6.07 Å². The zero-order chi connectivity index (χ0) is 12.3. The van der Waals surface area contributed by atoms with Crippen LogP contribution in [0.3, 0.4) is 0 Å². The third-order valence-electron chi connectivity index (χ3n) is 3.25. The lowest BCUT2D eigenvalue weighted by atomic mass is 10.0. The average Bonchev–Trinajstić information content (AvgIpc) is 2.75. The van der Waals surface area contributed by atoms with Crippen molar-refractivity contribution < 1.29 is 0 Å². The van der Waals surface area contributed by atoms with E-state index in [9.17, 15) is 0 Å². The second-order valence-electron chi connectivity index (χ2n) is 4.92. The fourth-order valence-electron chi connectivity index (χ4n) is 2.16. The lowest BCUT2D eigenvalue weighted by molar-refractivity contribution is 0.635. The van der Waals surface area contributed by atoms with Crippen LogP contribution in [0.15, 0.2) is 18.2 Å². The molecule has 0 spiro atoms. The zero-order valence-electron chi connectivity index (χ0n) is 10.4. The van der Waals surface area contributed by atoms with Crippen molar-refractivity contribution in [1.82, 2.24) is 0 Å². The molecular weight excluding hydrogens is 228 g/mol. The van der Waals surface area contributed by atoms with E-state index in [-0.39, 0.29) is 0 Å². The lowest BCUT2D eigenvalue weighted by Gasteiger charge is -2.24. The van der Waals surface area contributed by atoms with Gasteiger partial charge in [-0.2, -0.15) is 17.0 Å². The Balaban J connectivity index is 2.06. The minimum absolute atomic E-state index is 0.331. The van der Waals surface area contributed by atoms with Gasteiger partial charge in [0.2, 0.25) is 0 Å². The van der Waals surface area contributed by atoms with E-state index in [2.05, 4.69) is 18.3 Å². The normalized spacial score (nSPS) is 23.4. The first kappa shape index (κ1) is 12.3. The van der Waals surface area contributed by atoms with Gasteiger partial charge in [-0.05, 0) is 50.1 Å². The minimum Gasteiger partial charge on any atom is -0.383 e. The Kier molecular flexibility index (Phi) is 3.63. The highest BCUT2D eigenvalue weighted by Crippen LogP contribution is 2.37. The number of hydrogen-bond acceptors (Lipinski definition) is 3. The van der Waals surface area contributed by atoms with Gasteiger partial charge < -0.3 is 5.32 Å². The van der Waals surface area contributed by atoms with Crippen LogP contribution in [0.1, 0.15) is 30.9 Å². The number of thioether (sulfide) groups is 1. The quantitative estimate of drug-likeness (QED) is 0.885. The van der Waals surface area contributed by atoms with Crippen LogP contribution in [0.4, 0.5) is 5.69 Å². The van der Waals surface area contributed by atoms with Crippen LogP contribution in [0.2, 0.25) is 0 Å². The summed E-state index contributed by atoms with van der Waals surface area (Å²) in [5.74, 6) is 1.26. The molecule has 17 heavy (non-hydrogen) atoms. The van der Waals surface area contributed by atoms with Gasteiger partial charge in [0.1, 0.15) is 6.07 Å². The monoisotopic (exact) mass is 246 g/mol. The first-order valence-electron chi connectivity index (χ1n) is 6.02. The van der Waals surface area contributed by atoms with Gasteiger partial charge >= 0.3 is 0 Å². The highest BCUT2D eigenvalue weighted by atomic mass is 32.2. The third kappa shape index (κ3) is 2.95. The van der Waals surface area contributed by atoms with Gasteiger partial charge in [-0.3, -0.25) is 0 Å². The molecule has 1 heterocycles. The Morgan fingerprint density at radius 3 is 3.00 bits per heavy atom. The van der Waals surface area contributed by atoms with E-state index in [1.54, 1.807) is 0 Å². The van der Waals surface area contributed by atoms with Gasteiger partial charge in [-0.25, -0.2) is 0 Å². The van der Waals surface area contributed by atoms with Crippen LogP contribution < -0.4 is 5.32 Å². The fourth-order valence-corrected chi connectivity index (χ4v) is 3.41. The van der Waals surface area contributed by atoms with E-state index >= 15 is 0 Å². The minimum atomic E-state index is 0.331. The third-order valence-corrected chi connectivity index (χ3v) is 4.79. The Bertz CT molecular complexity index is 442. The highest BCUT2D eigenvalue weighted by Gasteiger charge is 2.29. The summed E-state index contributed by atoms with van der Waals surface area (Å²) in [6.45, 7) is 5.26. The Morgan fingerprint density at radius 1 is 1.53 bits per heavy atom. The van der Waals surface area contributed by atoms with E-state index in [4.69, 9.17) is 5.26 Å². The van der Waals surface area contributed by atoms with Crippen molar-refractivity contribution >= 4 is 17.4 Å². The molecular formula is C14H18N2S. The summed E-state index contributed by atoms with van der Waals surface area (Å²) < 4.78 is 0.331. The van der Waals surface area contributed by atoms with Crippen molar-refractivity contribution in [3.05, 3.63) is 29.3 Å². The highest BCUT2D eigenvalue weighted by molar-refractivity contribution is 8.00. The van der Waals surface area contributed by atoms with Crippen LogP contribution >= 0.6 is 11.8 Å². The molecule has 1 saturated heterocycles. The molecule has 0 aliphatic carbocycles. The molecule has 1 aliphatic rings. The average molecular weight is 246 g/mol. The maximum Gasteiger partial charge on any atom is 0.101 e. The van der Waals surface area contributed by atoms with Crippen LogP contribution in [-0.4, -0.2) is 17.0 Å². The van der Waals surface area contributed by atoms with E-state index in [1.807, 2.05) is 36.9 Å². The summed E-state index contributed by atoms with van der Waals surface area (Å²) in [7, 11) is 0. The molecule has 0 amide bonds. The topological polar surface area (TPSA) is 35.8 Å². The van der Waals surface area contributed by atoms with Crippen LogP contribution in [0.5, 0.6) is 0 Å². The zero-order valence-corrected chi connectivity index (χ0v) is 11.2. The van der Waals surface area contributed by atoms with Crippen LogP contribution in [0.25, 0.3) is 0 Å². The predicted molar refractivity (Wildman–Crippen MR) is 74.5 cm³/mol. The molecule has 1 fully saturated rings. The first-order valence-corrected chi connectivity index (χ1v) is 7.00. The molecule has 0 saturated carbocycles. The Hall–Kier alpha value is -1.14. The van der Waals surface area contributed by atoms with Gasteiger partial charge in [-0.15, -0.1) is 0 Å². The fraction of sp³-hybridized carbons (Fsp3) is 0.500. The summed E-state index contributed by atoms with van der Waals surface area (Å²) >= 11 is 2.04. The SMILES string of the molecule is Cc1ccc(NCC2(C)CCCS2)c(C#N)c1. The molecule has 3 heteroatoms. The van der Waals surface area contributed by atoms with E-state index in [0.717, 1.165) is 23.4 Å².